The summed E-state index contributed by atoms with van der Waals surface area (Å²) >= 11 is 0. The van der Waals surface area contributed by atoms with Gasteiger partial charge in [-0.3, -0.25) is 4.90 Å². The average Bonchev–Trinajstić information content (AvgIpc) is 2.27. The van der Waals surface area contributed by atoms with E-state index in [1.165, 1.54) is 6.42 Å². The molecule has 1 rings (SSSR count). The molecule has 5 heteroatoms. The van der Waals surface area contributed by atoms with Crippen molar-refractivity contribution in [2.75, 3.05) is 26.2 Å². The van der Waals surface area contributed by atoms with Gasteiger partial charge >= 0.3 is 0 Å². The third-order valence-electron chi connectivity index (χ3n) is 2.98. The van der Waals surface area contributed by atoms with Crippen molar-refractivity contribution < 1.29 is 0 Å². The highest BCUT2D eigenvalue weighted by molar-refractivity contribution is 5.77. The Bertz CT molecular complexity index is 195. The molecule has 0 bridgehead atoms. The van der Waals surface area contributed by atoms with E-state index in [2.05, 4.69) is 23.8 Å². The molecule has 4 N–H and O–H groups in total. The lowest BCUT2D eigenvalue weighted by molar-refractivity contribution is 0.137. The van der Waals surface area contributed by atoms with E-state index in [1.807, 2.05) is 4.90 Å². The molecule has 0 radical (unpaired) electrons. The smallest absolute Gasteiger partial charge is 0.213 e. The van der Waals surface area contributed by atoms with E-state index in [0.717, 1.165) is 26.2 Å². The molecule has 0 saturated carbocycles. The lowest BCUT2D eigenvalue weighted by Gasteiger charge is -2.38. The number of nitrogens with zero attached hydrogens (tertiary/aromatic N) is 3. The number of nitrogens with two attached hydrogens (primary N) is 2. The summed E-state index contributed by atoms with van der Waals surface area (Å²) in [6, 6.07) is 0.660. The zero-order chi connectivity index (χ0) is 10.6. The maximum atomic E-state index is 5.63. The first kappa shape index (κ1) is 11.1. The van der Waals surface area contributed by atoms with Crippen molar-refractivity contribution in [1.82, 2.24) is 9.80 Å². The Balaban J connectivity index is 2.38. The van der Waals surface area contributed by atoms with Crippen LogP contribution in [0, 0.1) is 0 Å². The van der Waals surface area contributed by atoms with Gasteiger partial charge in [0.2, 0.25) is 5.96 Å². The number of hydrogen-bond donors (Lipinski definition) is 2. The van der Waals surface area contributed by atoms with Crippen molar-refractivity contribution in [2.24, 2.45) is 16.7 Å². The van der Waals surface area contributed by atoms with Crippen LogP contribution >= 0.6 is 0 Å². The first-order valence-corrected chi connectivity index (χ1v) is 5.21. The number of hydrazone groups is 1. The van der Waals surface area contributed by atoms with Gasteiger partial charge in [-0.15, -0.1) is 5.10 Å². The molecule has 0 aromatic rings. The molecule has 1 unspecified atom stereocenters. The number of piperazine rings is 1. The largest absolute Gasteiger partial charge is 0.368 e. The minimum Gasteiger partial charge on any atom is -0.368 e. The molecule has 0 aromatic heterocycles. The fraction of sp³-hybridized carbons (Fsp3) is 0.889. The second-order valence-corrected chi connectivity index (χ2v) is 3.77. The SMILES string of the molecule is CCC(C)N1CCN(C(N)=NN)CC1. The van der Waals surface area contributed by atoms with Crippen molar-refractivity contribution in [1.29, 1.82) is 0 Å². The Morgan fingerprint density at radius 2 is 1.93 bits per heavy atom. The predicted molar refractivity (Wildman–Crippen MR) is 58.7 cm³/mol. The van der Waals surface area contributed by atoms with Crippen LogP contribution in [-0.2, 0) is 0 Å². The monoisotopic (exact) mass is 199 g/mol. The summed E-state index contributed by atoms with van der Waals surface area (Å²) in [6.07, 6.45) is 1.19. The first-order valence-electron chi connectivity index (χ1n) is 5.21. The zero-order valence-electron chi connectivity index (χ0n) is 9.11. The van der Waals surface area contributed by atoms with E-state index in [0.29, 0.717) is 12.0 Å². The predicted octanol–water partition coefficient (Wildman–Crippen LogP) is -0.409. The van der Waals surface area contributed by atoms with Crippen LogP contribution in [0.25, 0.3) is 0 Å². The standard InChI is InChI=1S/C9H21N5/c1-3-8(2)13-4-6-14(7-5-13)9(10)12-11/h8H,3-7,11H2,1-2H3,(H2,10,12). The van der Waals surface area contributed by atoms with Crippen molar-refractivity contribution in [3.05, 3.63) is 0 Å². The van der Waals surface area contributed by atoms with Crippen LogP contribution in [-0.4, -0.2) is 48.0 Å². The Morgan fingerprint density at radius 1 is 1.36 bits per heavy atom. The Kier molecular flexibility index (Phi) is 4.00. The maximum Gasteiger partial charge on any atom is 0.213 e. The van der Waals surface area contributed by atoms with Crippen molar-refractivity contribution in [2.45, 2.75) is 26.3 Å². The summed E-state index contributed by atoms with van der Waals surface area (Å²) < 4.78 is 0. The highest BCUT2D eigenvalue weighted by Gasteiger charge is 2.20. The Labute approximate surface area is 85.7 Å². The molecule has 0 spiro atoms. The fourth-order valence-corrected chi connectivity index (χ4v) is 1.73. The van der Waals surface area contributed by atoms with Crippen LogP contribution in [0.4, 0.5) is 0 Å². The van der Waals surface area contributed by atoms with Crippen molar-refractivity contribution >= 4 is 5.96 Å². The molecular weight excluding hydrogens is 178 g/mol. The lowest BCUT2D eigenvalue weighted by atomic mass is 10.2. The topological polar surface area (TPSA) is 70.9 Å². The summed E-state index contributed by atoms with van der Waals surface area (Å²) in [6.45, 7) is 8.42. The van der Waals surface area contributed by atoms with Gasteiger partial charge in [0.1, 0.15) is 0 Å². The first-order chi connectivity index (χ1) is 6.69. The van der Waals surface area contributed by atoms with Gasteiger partial charge in [-0.25, -0.2) is 0 Å². The highest BCUT2D eigenvalue weighted by Crippen LogP contribution is 2.07. The second-order valence-electron chi connectivity index (χ2n) is 3.77. The van der Waals surface area contributed by atoms with Gasteiger partial charge in [-0.1, -0.05) is 6.92 Å². The number of hydrogen-bond acceptors (Lipinski definition) is 3. The van der Waals surface area contributed by atoms with E-state index in [-0.39, 0.29) is 0 Å². The van der Waals surface area contributed by atoms with Crippen LogP contribution in [0.1, 0.15) is 20.3 Å². The summed E-state index contributed by atoms with van der Waals surface area (Å²) in [7, 11) is 0. The summed E-state index contributed by atoms with van der Waals surface area (Å²) in [4.78, 5) is 4.50. The average molecular weight is 199 g/mol. The molecule has 0 amide bonds. The molecule has 1 aliphatic rings. The second kappa shape index (κ2) is 5.05. The van der Waals surface area contributed by atoms with Gasteiger partial charge in [-0.2, -0.15) is 0 Å². The molecule has 0 aromatic carbocycles. The van der Waals surface area contributed by atoms with Crippen LogP contribution in [0.15, 0.2) is 5.10 Å². The van der Waals surface area contributed by atoms with Crippen LogP contribution < -0.4 is 11.6 Å². The van der Waals surface area contributed by atoms with Gasteiger partial charge in [0.15, 0.2) is 0 Å². The highest BCUT2D eigenvalue weighted by atomic mass is 15.4. The van der Waals surface area contributed by atoms with Crippen molar-refractivity contribution in [3.63, 3.8) is 0 Å². The molecule has 82 valence electrons. The molecule has 1 heterocycles. The summed E-state index contributed by atoms with van der Waals surface area (Å²) in [5, 5.41) is 3.50. The number of rotatable bonds is 2. The fourth-order valence-electron chi connectivity index (χ4n) is 1.73. The van der Waals surface area contributed by atoms with Gasteiger partial charge < -0.3 is 16.5 Å². The van der Waals surface area contributed by atoms with Gasteiger partial charge in [-0.05, 0) is 13.3 Å². The normalized spacial score (nSPS) is 22.4. The van der Waals surface area contributed by atoms with Crippen LogP contribution in [0.3, 0.4) is 0 Å². The summed E-state index contributed by atoms with van der Waals surface area (Å²) in [5.41, 5.74) is 5.63. The lowest BCUT2D eigenvalue weighted by Crippen LogP contribution is -2.53. The molecule has 1 saturated heterocycles. The van der Waals surface area contributed by atoms with Gasteiger partial charge in [0, 0.05) is 32.2 Å². The molecule has 5 nitrogen and oxygen atoms in total. The summed E-state index contributed by atoms with van der Waals surface area (Å²) in [5.74, 6) is 5.58. The third kappa shape index (κ3) is 2.51. The molecule has 0 aliphatic carbocycles. The minimum atomic E-state index is 0.453. The van der Waals surface area contributed by atoms with Gasteiger partial charge in [0.05, 0.1) is 0 Å². The maximum absolute atomic E-state index is 5.63. The Hall–Kier alpha value is -0.970. The molecule has 1 aliphatic heterocycles. The minimum absolute atomic E-state index is 0.453. The van der Waals surface area contributed by atoms with E-state index >= 15 is 0 Å². The van der Waals surface area contributed by atoms with Gasteiger partial charge in [0.25, 0.3) is 0 Å². The quantitative estimate of drug-likeness (QED) is 0.274. The zero-order valence-corrected chi connectivity index (χ0v) is 9.11. The molecule has 14 heavy (non-hydrogen) atoms. The number of guanidine groups is 1. The molecule has 1 fully saturated rings. The van der Waals surface area contributed by atoms with E-state index in [1.54, 1.807) is 0 Å². The molecular formula is C9H21N5. The van der Waals surface area contributed by atoms with Crippen molar-refractivity contribution in [3.8, 4) is 0 Å². The van der Waals surface area contributed by atoms with Crippen LogP contribution in [0.5, 0.6) is 0 Å². The molecule has 1 atom stereocenters. The third-order valence-corrected chi connectivity index (χ3v) is 2.98. The van der Waals surface area contributed by atoms with E-state index in [9.17, 15) is 0 Å². The Morgan fingerprint density at radius 3 is 2.36 bits per heavy atom. The van der Waals surface area contributed by atoms with E-state index < -0.39 is 0 Å². The van der Waals surface area contributed by atoms with E-state index in [4.69, 9.17) is 11.6 Å². The van der Waals surface area contributed by atoms with Crippen LogP contribution in [0.2, 0.25) is 0 Å².